The van der Waals surface area contributed by atoms with E-state index in [1.54, 1.807) is 6.92 Å². The third-order valence-corrected chi connectivity index (χ3v) is 3.26. The number of halogens is 1. The summed E-state index contributed by atoms with van der Waals surface area (Å²) in [6, 6.07) is 0.524. The predicted molar refractivity (Wildman–Crippen MR) is 67.0 cm³/mol. The molecule has 0 aliphatic carbocycles. The molecule has 0 aromatic rings. The van der Waals surface area contributed by atoms with Crippen molar-refractivity contribution in [3.8, 4) is 0 Å². The van der Waals surface area contributed by atoms with Crippen LogP contribution in [0.5, 0.6) is 0 Å². The molecule has 0 radical (unpaired) electrons. The van der Waals surface area contributed by atoms with E-state index in [0.29, 0.717) is 12.5 Å². The monoisotopic (exact) mass is 247 g/mol. The zero-order valence-corrected chi connectivity index (χ0v) is 11.2. The predicted octanol–water partition coefficient (Wildman–Crippen LogP) is 2.30. The van der Waals surface area contributed by atoms with E-state index < -0.39 is 6.17 Å². The number of nitrogens with one attached hydrogen (secondary N) is 1. The Bertz CT molecular complexity index is 188. The Morgan fingerprint density at radius 2 is 1.88 bits per heavy atom. The first-order valence-electron chi connectivity index (χ1n) is 6.86. The molecule has 1 N–H and O–H groups in total. The molecular weight excluding hydrogens is 221 g/mol. The first kappa shape index (κ1) is 14.9. The van der Waals surface area contributed by atoms with Gasteiger partial charge in [-0.25, -0.2) is 4.39 Å². The minimum Gasteiger partial charge on any atom is -0.381 e. The molecule has 0 amide bonds. The summed E-state index contributed by atoms with van der Waals surface area (Å²) in [6.45, 7) is 8.26. The molecule has 0 aromatic heterocycles. The Balaban J connectivity index is 0.000000686. The smallest absolute Gasteiger partial charge is 0.128 e. The van der Waals surface area contributed by atoms with Gasteiger partial charge in [0.2, 0.25) is 0 Å². The second-order valence-electron chi connectivity index (χ2n) is 4.51. The summed E-state index contributed by atoms with van der Waals surface area (Å²) in [6.07, 6.45) is 1.69. The van der Waals surface area contributed by atoms with E-state index in [1.165, 1.54) is 0 Å². The number of alkyl halides is 1. The van der Waals surface area contributed by atoms with Crippen LogP contribution in [0, 0.1) is 0 Å². The van der Waals surface area contributed by atoms with Gasteiger partial charge in [-0.15, -0.1) is 0 Å². The van der Waals surface area contributed by atoms with Gasteiger partial charge in [-0.05, 0) is 19.8 Å². The fourth-order valence-electron chi connectivity index (χ4n) is 2.22. The van der Waals surface area contributed by atoms with Crippen molar-refractivity contribution in [2.45, 2.75) is 64.5 Å². The zero-order valence-electron chi connectivity index (χ0n) is 11.2. The molecule has 17 heavy (non-hydrogen) atoms. The van der Waals surface area contributed by atoms with Crippen LogP contribution in [0.15, 0.2) is 0 Å². The molecule has 3 nitrogen and oxygen atoms in total. The highest BCUT2D eigenvalue weighted by atomic mass is 19.1. The standard InChI is InChI=1S/C11H20FNO2.C2H6/c1-8-11(12)6-10(15-8)7-13-9-2-4-14-5-3-9;1-2/h8-11,13H,2-7H2,1H3;1-2H3. The van der Waals surface area contributed by atoms with Crippen LogP contribution >= 0.6 is 0 Å². The van der Waals surface area contributed by atoms with E-state index >= 15 is 0 Å². The van der Waals surface area contributed by atoms with Gasteiger partial charge in [0.05, 0.1) is 12.2 Å². The highest BCUT2D eigenvalue weighted by Crippen LogP contribution is 2.22. The third kappa shape index (κ3) is 4.90. The van der Waals surface area contributed by atoms with Crippen molar-refractivity contribution in [2.24, 2.45) is 0 Å². The van der Waals surface area contributed by atoms with Gasteiger partial charge < -0.3 is 14.8 Å². The lowest BCUT2D eigenvalue weighted by Gasteiger charge is -2.24. The van der Waals surface area contributed by atoms with Crippen LogP contribution < -0.4 is 5.32 Å². The summed E-state index contributed by atoms with van der Waals surface area (Å²) >= 11 is 0. The van der Waals surface area contributed by atoms with E-state index in [2.05, 4.69) is 5.32 Å². The minimum absolute atomic E-state index is 0.0536. The van der Waals surface area contributed by atoms with Crippen molar-refractivity contribution in [3.05, 3.63) is 0 Å². The Morgan fingerprint density at radius 1 is 1.24 bits per heavy atom. The maximum atomic E-state index is 13.2. The maximum Gasteiger partial charge on any atom is 0.128 e. The van der Waals surface area contributed by atoms with Crippen LogP contribution in [0.2, 0.25) is 0 Å². The Hall–Kier alpha value is -0.190. The normalized spacial score (nSPS) is 34.2. The lowest BCUT2D eigenvalue weighted by Crippen LogP contribution is -2.39. The van der Waals surface area contributed by atoms with Crippen LogP contribution in [0.3, 0.4) is 0 Å². The van der Waals surface area contributed by atoms with Crippen molar-refractivity contribution < 1.29 is 13.9 Å². The molecule has 0 bridgehead atoms. The Morgan fingerprint density at radius 3 is 2.41 bits per heavy atom. The molecule has 2 saturated heterocycles. The van der Waals surface area contributed by atoms with E-state index in [-0.39, 0.29) is 12.2 Å². The largest absolute Gasteiger partial charge is 0.381 e. The van der Waals surface area contributed by atoms with Gasteiger partial charge in [0, 0.05) is 32.2 Å². The first-order chi connectivity index (χ1) is 8.25. The van der Waals surface area contributed by atoms with Gasteiger partial charge in [-0.2, -0.15) is 0 Å². The molecule has 2 rings (SSSR count). The number of ether oxygens (including phenoxy) is 2. The third-order valence-electron chi connectivity index (χ3n) is 3.26. The quantitative estimate of drug-likeness (QED) is 0.830. The average Bonchev–Trinajstić information content (AvgIpc) is 2.70. The summed E-state index contributed by atoms with van der Waals surface area (Å²) in [5.74, 6) is 0. The van der Waals surface area contributed by atoms with E-state index in [9.17, 15) is 4.39 Å². The summed E-state index contributed by atoms with van der Waals surface area (Å²) in [5, 5.41) is 3.43. The number of hydrogen-bond acceptors (Lipinski definition) is 3. The summed E-state index contributed by atoms with van der Waals surface area (Å²) in [7, 11) is 0. The number of rotatable bonds is 3. The topological polar surface area (TPSA) is 30.5 Å². The van der Waals surface area contributed by atoms with Gasteiger partial charge in [-0.3, -0.25) is 0 Å². The molecule has 2 heterocycles. The molecule has 3 atom stereocenters. The molecule has 2 aliphatic heterocycles. The highest BCUT2D eigenvalue weighted by molar-refractivity contribution is 4.82. The SMILES string of the molecule is CC.CC1OC(CNC2CCOCC2)CC1F. The van der Waals surface area contributed by atoms with Crippen molar-refractivity contribution in [1.82, 2.24) is 5.32 Å². The fraction of sp³-hybridized carbons (Fsp3) is 1.00. The van der Waals surface area contributed by atoms with Gasteiger partial charge in [0.15, 0.2) is 0 Å². The molecule has 2 aliphatic rings. The van der Waals surface area contributed by atoms with Crippen molar-refractivity contribution in [3.63, 3.8) is 0 Å². The minimum atomic E-state index is -0.786. The van der Waals surface area contributed by atoms with Crippen LogP contribution in [0.1, 0.15) is 40.0 Å². The zero-order chi connectivity index (χ0) is 12.7. The molecule has 0 spiro atoms. The highest BCUT2D eigenvalue weighted by Gasteiger charge is 2.32. The lowest BCUT2D eigenvalue weighted by molar-refractivity contribution is 0.0333. The van der Waals surface area contributed by atoms with Gasteiger partial charge >= 0.3 is 0 Å². The van der Waals surface area contributed by atoms with E-state index in [4.69, 9.17) is 9.47 Å². The van der Waals surface area contributed by atoms with Crippen LogP contribution in [0.4, 0.5) is 4.39 Å². The van der Waals surface area contributed by atoms with Crippen molar-refractivity contribution in [1.29, 1.82) is 0 Å². The molecule has 102 valence electrons. The Labute approximate surface area is 104 Å². The lowest BCUT2D eigenvalue weighted by atomic mass is 10.1. The summed E-state index contributed by atoms with van der Waals surface area (Å²) < 4.78 is 23.9. The molecular formula is C13H26FNO2. The van der Waals surface area contributed by atoms with Gasteiger partial charge in [-0.1, -0.05) is 13.8 Å². The second-order valence-corrected chi connectivity index (χ2v) is 4.51. The fourth-order valence-corrected chi connectivity index (χ4v) is 2.22. The van der Waals surface area contributed by atoms with Gasteiger partial charge in [0.25, 0.3) is 0 Å². The molecule has 3 unspecified atom stereocenters. The number of hydrogen-bond donors (Lipinski definition) is 1. The van der Waals surface area contributed by atoms with Crippen molar-refractivity contribution >= 4 is 0 Å². The summed E-state index contributed by atoms with van der Waals surface area (Å²) in [4.78, 5) is 0. The van der Waals surface area contributed by atoms with E-state index in [0.717, 1.165) is 32.6 Å². The second kappa shape index (κ2) is 8.01. The van der Waals surface area contributed by atoms with Gasteiger partial charge in [0.1, 0.15) is 6.17 Å². The molecule has 4 heteroatoms. The van der Waals surface area contributed by atoms with Crippen LogP contribution in [0.25, 0.3) is 0 Å². The summed E-state index contributed by atoms with van der Waals surface area (Å²) in [5.41, 5.74) is 0. The maximum absolute atomic E-state index is 13.2. The first-order valence-corrected chi connectivity index (χ1v) is 6.86. The van der Waals surface area contributed by atoms with E-state index in [1.807, 2.05) is 13.8 Å². The average molecular weight is 247 g/mol. The van der Waals surface area contributed by atoms with Crippen molar-refractivity contribution in [2.75, 3.05) is 19.8 Å². The molecule has 0 aromatic carbocycles. The van der Waals surface area contributed by atoms with Crippen LogP contribution in [-0.4, -0.2) is 44.2 Å². The van der Waals surface area contributed by atoms with Crippen LogP contribution in [-0.2, 0) is 9.47 Å². The molecule has 2 fully saturated rings. The molecule has 0 saturated carbocycles. The Kier molecular flexibility index (Phi) is 7.00.